The van der Waals surface area contributed by atoms with E-state index in [0.29, 0.717) is 5.76 Å². The lowest BCUT2D eigenvalue weighted by Crippen LogP contribution is -2.35. The third-order valence-corrected chi connectivity index (χ3v) is 4.86. The Labute approximate surface area is 181 Å². The summed E-state index contributed by atoms with van der Waals surface area (Å²) in [6.45, 7) is -0.724. The smallest absolute Gasteiger partial charge is 0.338 e. The van der Waals surface area contributed by atoms with E-state index in [0.717, 1.165) is 4.90 Å². The van der Waals surface area contributed by atoms with Crippen LogP contribution in [0.25, 0.3) is 0 Å². The number of hydrogen-bond donors (Lipinski definition) is 1. The SMILES string of the molecule is Cn1cccc1C(=O)NC(=O)COC(=O)c1ccc2c(c1)C(=O)N(Cc1ccco1)C2=O. The summed E-state index contributed by atoms with van der Waals surface area (Å²) in [5.74, 6) is -2.94. The normalized spacial score (nSPS) is 12.6. The Morgan fingerprint density at radius 3 is 2.50 bits per heavy atom. The van der Waals surface area contributed by atoms with Crippen molar-refractivity contribution in [2.24, 2.45) is 7.05 Å². The van der Waals surface area contributed by atoms with E-state index in [2.05, 4.69) is 5.32 Å². The average molecular weight is 435 g/mol. The molecule has 10 nitrogen and oxygen atoms in total. The monoisotopic (exact) mass is 435 g/mol. The van der Waals surface area contributed by atoms with Crippen LogP contribution in [0.15, 0.2) is 59.3 Å². The molecule has 4 amide bonds. The van der Waals surface area contributed by atoms with Crippen LogP contribution in [0.5, 0.6) is 0 Å². The number of carbonyl (C=O) groups is 5. The summed E-state index contributed by atoms with van der Waals surface area (Å²) in [6, 6.07) is 10.4. The number of nitrogens with one attached hydrogen (secondary N) is 1. The summed E-state index contributed by atoms with van der Waals surface area (Å²) >= 11 is 0. The molecule has 2 aromatic heterocycles. The first-order chi connectivity index (χ1) is 15.3. The molecule has 4 rings (SSSR count). The number of furan rings is 1. The molecular formula is C22H17N3O7. The second-order valence-electron chi connectivity index (χ2n) is 6.99. The number of fused-ring (bicyclic) bond motifs is 1. The van der Waals surface area contributed by atoms with Gasteiger partial charge in [0.15, 0.2) is 6.61 Å². The highest BCUT2D eigenvalue weighted by atomic mass is 16.5. The maximum absolute atomic E-state index is 12.6. The van der Waals surface area contributed by atoms with Crippen molar-refractivity contribution < 1.29 is 33.1 Å². The molecule has 0 spiro atoms. The molecule has 162 valence electrons. The number of imide groups is 2. The van der Waals surface area contributed by atoms with Crippen molar-refractivity contribution >= 4 is 29.6 Å². The fourth-order valence-corrected chi connectivity index (χ4v) is 3.26. The predicted molar refractivity (Wildman–Crippen MR) is 108 cm³/mol. The van der Waals surface area contributed by atoms with Crippen LogP contribution in [0.1, 0.15) is 47.3 Å². The molecule has 3 aromatic rings. The summed E-state index contributed by atoms with van der Waals surface area (Å²) in [6.07, 6.45) is 3.08. The molecule has 0 fully saturated rings. The maximum atomic E-state index is 12.6. The molecular weight excluding hydrogens is 418 g/mol. The Morgan fingerprint density at radius 1 is 1.03 bits per heavy atom. The van der Waals surface area contributed by atoms with Crippen molar-refractivity contribution in [3.05, 3.63) is 83.1 Å². The van der Waals surface area contributed by atoms with Crippen molar-refractivity contribution in [3.63, 3.8) is 0 Å². The number of rotatable bonds is 6. The van der Waals surface area contributed by atoms with Crippen LogP contribution in [0.4, 0.5) is 0 Å². The van der Waals surface area contributed by atoms with Crippen LogP contribution in [-0.2, 0) is 23.1 Å². The number of amides is 4. The van der Waals surface area contributed by atoms with E-state index in [-0.39, 0.29) is 28.9 Å². The second-order valence-corrected chi connectivity index (χ2v) is 6.99. The first-order valence-corrected chi connectivity index (χ1v) is 9.50. The third kappa shape index (κ3) is 3.93. The van der Waals surface area contributed by atoms with Gasteiger partial charge in [-0.05, 0) is 42.5 Å². The molecule has 32 heavy (non-hydrogen) atoms. The van der Waals surface area contributed by atoms with Gasteiger partial charge in [-0.25, -0.2) is 4.79 Å². The number of esters is 1. The van der Waals surface area contributed by atoms with Gasteiger partial charge >= 0.3 is 5.97 Å². The molecule has 0 aliphatic carbocycles. The van der Waals surface area contributed by atoms with E-state index in [9.17, 15) is 24.0 Å². The van der Waals surface area contributed by atoms with E-state index in [1.807, 2.05) is 0 Å². The number of aromatic nitrogens is 1. The van der Waals surface area contributed by atoms with E-state index >= 15 is 0 Å². The Kier molecular flexibility index (Phi) is 5.42. The van der Waals surface area contributed by atoms with Crippen LogP contribution in [0.2, 0.25) is 0 Å². The van der Waals surface area contributed by atoms with Crippen molar-refractivity contribution in [1.82, 2.24) is 14.8 Å². The van der Waals surface area contributed by atoms with Gasteiger partial charge in [0.1, 0.15) is 11.5 Å². The topological polar surface area (TPSA) is 128 Å². The quantitative estimate of drug-likeness (QED) is 0.459. The van der Waals surface area contributed by atoms with Gasteiger partial charge in [0.2, 0.25) is 0 Å². The molecule has 0 radical (unpaired) electrons. The molecule has 1 aliphatic heterocycles. The highest BCUT2D eigenvalue weighted by Crippen LogP contribution is 2.26. The molecule has 0 atom stereocenters. The summed E-state index contributed by atoms with van der Waals surface area (Å²) in [5.41, 5.74) is 0.472. The van der Waals surface area contributed by atoms with Crippen LogP contribution in [0.3, 0.4) is 0 Å². The van der Waals surface area contributed by atoms with Crippen LogP contribution in [-0.4, -0.2) is 45.7 Å². The van der Waals surface area contributed by atoms with Crippen LogP contribution in [0, 0.1) is 0 Å². The molecule has 0 bridgehead atoms. The number of ether oxygens (including phenoxy) is 1. The van der Waals surface area contributed by atoms with Gasteiger partial charge in [-0.1, -0.05) is 0 Å². The van der Waals surface area contributed by atoms with Crippen LogP contribution < -0.4 is 5.32 Å². The van der Waals surface area contributed by atoms with Gasteiger partial charge < -0.3 is 13.7 Å². The fourth-order valence-electron chi connectivity index (χ4n) is 3.26. The Balaban J connectivity index is 1.38. The molecule has 10 heteroatoms. The van der Waals surface area contributed by atoms with E-state index in [4.69, 9.17) is 9.15 Å². The summed E-state index contributed by atoms with van der Waals surface area (Å²) in [5, 5.41) is 2.12. The average Bonchev–Trinajstić information content (AvgIpc) is 3.50. The standard InChI is InChI=1S/C22H17N3O7/c1-24-8-2-5-17(24)19(27)23-18(26)12-32-22(30)13-6-7-15-16(10-13)21(29)25(20(15)28)11-14-4-3-9-31-14/h2-10H,11-12H2,1H3,(H,23,26,27). The minimum atomic E-state index is -0.876. The zero-order valence-corrected chi connectivity index (χ0v) is 16.9. The summed E-state index contributed by atoms with van der Waals surface area (Å²) in [4.78, 5) is 62.5. The minimum absolute atomic E-state index is 0.00805. The largest absolute Gasteiger partial charge is 0.467 e. The third-order valence-electron chi connectivity index (χ3n) is 4.86. The molecule has 1 aromatic carbocycles. The number of benzene rings is 1. The van der Waals surface area contributed by atoms with Gasteiger partial charge in [-0.15, -0.1) is 0 Å². The highest BCUT2D eigenvalue weighted by molar-refractivity contribution is 6.21. The van der Waals surface area contributed by atoms with Crippen molar-refractivity contribution in [2.75, 3.05) is 6.61 Å². The Hall–Kier alpha value is -4.47. The van der Waals surface area contributed by atoms with Crippen molar-refractivity contribution in [1.29, 1.82) is 0 Å². The van der Waals surface area contributed by atoms with E-state index in [1.54, 1.807) is 31.4 Å². The maximum Gasteiger partial charge on any atom is 0.338 e. The van der Waals surface area contributed by atoms with Gasteiger partial charge in [0.05, 0.1) is 29.5 Å². The van der Waals surface area contributed by atoms with E-state index < -0.39 is 36.2 Å². The molecule has 0 unspecified atom stereocenters. The Morgan fingerprint density at radius 2 is 1.81 bits per heavy atom. The number of aryl methyl sites for hydroxylation is 1. The number of nitrogens with zero attached hydrogens (tertiary/aromatic N) is 2. The summed E-state index contributed by atoms with van der Waals surface area (Å²) in [7, 11) is 1.65. The van der Waals surface area contributed by atoms with Crippen LogP contribution >= 0.6 is 0 Å². The number of carbonyl (C=O) groups excluding carboxylic acids is 5. The van der Waals surface area contributed by atoms with Crippen molar-refractivity contribution in [3.8, 4) is 0 Å². The lowest BCUT2D eigenvalue weighted by molar-refractivity contribution is -0.123. The van der Waals surface area contributed by atoms with Gasteiger partial charge in [-0.2, -0.15) is 0 Å². The molecule has 0 saturated heterocycles. The first-order valence-electron chi connectivity index (χ1n) is 9.50. The summed E-state index contributed by atoms with van der Waals surface area (Å²) < 4.78 is 11.7. The zero-order chi connectivity index (χ0) is 22.8. The van der Waals surface area contributed by atoms with Gasteiger partial charge in [0.25, 0.3) is 23.6 Å². The van der Waals surface area contributed by atoms with E-state index in [1.165, 1.54) is 35.1 Å². The molecule has 1 N–H and O–H groups in total. The molecule has 3 heterocycles. The first kappa shape index (κ1) is 20.8. The second kappa shape index (κ2) is 8.34. The predicted octanol–water partition coefficient (Wildman–Crippen LogP) is 1.53. The minimum Gasteiger partial charge on any atom is -0.467 e. The fraction of sp³-hybridized carbons (Fsp3) is 0.136. The lowest BCUT2D eigenvalue weighted by Gasteiger charge is -2.11. The number of hydrogen-bond acceptors (Lipinski definition) is 7. The van der Waals surface area contributed by atoms with Crippen molar-refractivity contribution in [2.45, 2.75) is 6.54 Å². The van der Waals surface area contributed by atoms with Gasteiger partial charge in [-0.3, -0.25) is 29.4 Å². The lowest BCUT2D eigenvalue weighted by atomic mass is 10.1. The zero-order valence-electron chi connectivity index (χ0n) is 16.9. The molecule has 1 aliphatic rings. The molecule has 0 saturated carbocycles. The highest BCUT2D eigenvalue weighted by Gasteiger charge is 2.36. The Bertz CT molecular complexity index is 1240. The van der Waals surface area contributed by atoms with Gasteiger partial charge in [0, 0.05) is 13.2 Å².